The Morgan fingerprint density at radius 3 is 2.59 bits per heavy atom. The van der Waals surface area contributed by atoms with Gasteiger partial charge in [0.1, 0.15) is 0 Å². The highest BCUT2D eigenvalue weighted by Crippen LogP contribution is 2.40. The van der Waals surface area contributed by atoms with Gasteiger partial charge in [-0.05, 0) is 29.0 Å². The number of Topliss-reactive ketones (excluding diaryl/α,β-unsaturated/α-hetero) is 1. The number of hydrogen-bond donors (Lipinski definition) is 1. The van der Waals surface area contributed by atoms with Crippen LogP contribution >= 0.6 is 11.8 Å². The van der Waals surface area contributed by atoms with Crippen molar-refractivity contribution >= 4 is 23.6 Å². The molecule has 1 aliphatic heterocycles. The summed E-state index contributed by atoms with van der Waals surface area (Å²) in [7, 11) is 0. The van der Waals surface area contributed by atoms with Gasteiger partial charge in [0.25, 0.3) is 0 Å². The molecule has 22 heavy (non-hydrogen) atoms. The Labute approximate surface area is 130 Å². The van der Waals surface area contributed by atoms with Gasteiger partial charge in [0, 0.05) is 16.0 Å². The highest BCUT2D eigenvalue weighted by atomic mass is 32.2. The molecule has 0 aliphatic carbocycles. The van der Waals surface area contributed by atoms with E-state index in [1.165, 1.54) is 11.8 Å². The molecule has 0 saturated carbocycles. The zero-order valence-corrected chi connectivity index (χ0v) is 12.2. The van der Waals surface area contributed by atoms with Gasteiger partial charge in [0.15, 0.2) is 0 Å². The summed E-state index contributed by atoms with van der Waals surface area (Å²) in [6.07, 6.45) is 1.91. The summed E-state index contributed by atoms with van der Waals surface area (Å²) >= 11 is 1.51. The minimum atomic E-state index is 0.0860. The quantitative estimate of drug-likeness (QED) is 0.736. The molecular formula is C16H10N4OS. The first kappa shape index (κ1) is 13.0. The fraction of sp³-hybridized carbons (Fsp3) is 0. The third kappa shape index (κ3) is 2.23. The first-order valence-electron chi connectivity index (χ1n) is 6.68. The van der Waals surface area contributed by atoms with Gasteiger partial charge < -0.3 is 0 Å². The van der Waals surface area contributed by atoms with Crippen LogP contribution in [0.3, 0.4) is 0 Å². The van der Waals surface area contributed by atoms with Gasteiger partial charge >= 0.3 is 0 Å². The number of aromatic nitrogens is 4. The van der Waals surface area contributed by atoms with Crippen LogP contribution in [-0.2, 0) is 0 Å². The Hall–Kier alpha value is -2.73. The number of aromatic amines is 1. The number of H-pyrrole nitrogens is 1. The maximum absolute atomic E-state index is 12.3. The second-order valence-corrected chi connectivity index (χ2v) is 5.88. The van der Waals surface area contributed by atoms with Gasteiger partial charge in [0.2, 0.25) is 11.6 Å². The lowest BCUT2D eigenvalue weighted by Crippen LogP contribution is -1.93. The van der Waals surface area contributed by atoms with Crippen molar-refractivity contribution in [2.24, 2.45) is 0 Å². The van der Waals surface area contributed by atoms with Crippen LogP contribution in [0.2, 0.25) is 0 Å². The molecular weight excluding hydrogens is 296 g/mol. The third-order valence-electron chi connectivity index (χ3n) is 3.39. The van der Waals surface area contributed by atoms with Crippen molar-refractivity contribution in [3.63, 3.8) is 0 Å². The van der Waals surface area contributed by atoms with Crippen LogP contribution in [0.15, 0.2) is 58.3 Å². The second-order valence-electron chi connectivity index (χ2n) is 4.79. The fourth-order valence-corrected chi connectivity index (χ4v) is 3.35. The number of nitrogens with one attached hydrogen (secondary N) is 1. The number of tetrazole rings is 1. The molecule has 106 valence electrons. The largest absolute Gasteiger partial charge is 0.288 e. The molecule has 0 spiro atoms. The summed E-state index contributed by atoms with van der Waals surface area (Å²) in [4.78, 5) is 14.1. The number of carbonyl (C=O) groups is 1. The number of rotatable bonds is 2. The van der Waals surface area contributed by atoms with Crippen molar-refractivity contribution in [2.45, 2.75) is 4.90 Å². The van der Waals surface area contributed by atoms with E-state index in [4.69, 9.17) is 0 Å². The Kier molecular flexibility index (Phi) is 3.08. The molecule has 5 nitrogen and oxygen atoms in total. The Morgan fingerprint density at radius 1 is 1.05 bits per heavy atom. The number of hydrogen-bond acceptors (Lipinski definition) is 5. The van der Waals surface area contributed by atoms with Gasteiger partial charge in [-0.25, -0.2) is 0 Å². The minimum absolute atomic E-state index is 0.0860. The third-order valence-corrected chi connectivity index (χ3v) is 4.49. The van der Waals surface area contributed by atoms with Crippen molar-refractivity contribution in [3.05, 3.63) is 64.6 Å². The lowest BCUT2D eigenvalue weighted by atomic mass is 10.1. The predicted octanol–water partition coefficient (Wildman–Crippen LogP) is 3.20. The van der Waals surface area contributed by atoms with Gasteiger partial charge in [-0.15, -0.1) is 10.2 Å². The van der Waals surface area contributed by atoms with Crippen molar-refractivity contribution in [3.8, 4) is 11.4 Å². The van der Waals surface area contributed by atoms with E-state index >= 15 is 0 Å². The van der Waals surface area contributed by atoms with Crippen LogP contribution in [0.1, 0.15) is 15.9 Å². The van der Waals surface area contributed by atoms with E-state index in [0.717, 1.165) is 26.5 Å². The lowest BCUT2D eigenvalue weighted by molar-refractivity contribution is 0.104. The molecule has 0 bridgehead atoms. The second kappa shape index (κ2) is 5.23. The molecule has 3 aromatic rings. The van der Waals surface area contributed by atoms with Crippen molar-refractivity contribution in [1.29, 1.82) is 0 Å². The van der Waals surface area contributed by atoms with Crippen LogP contribution in [0.5, 0.6) is 0 Å². The van der Waals surface area contributed by atoms with Crippen LogP contribution in [-0.4, -0.2) is 26.4 Å². The van der Waals surface area contributed by atoms with Crippen LogP contribution in [0.4, 0.5) is 0 Å². The molecule has 0 fully saturated rings. The van der Waals surface area contributed by atoms with Crippen molar-refractivity contribution in [1.82, 2.24) is 20.6 Å². The minimum Gasteiger partial charge on any atom is -0.288 e. The Balaban J connectivity index is 1.63. The average molecular weight is 306 g/mol. The molecule has 1 aliphatic rings. The number of nitrogens with zero attached hydrogens (tertiary/aromatic N) is 3. The number of allylic oxidation sites excluding steroid dienone is 1. The highest BCUT2D eigenvalue weighted by molar-refractivity contribution is 8.04. The summed E-state index contributed by atoms with van der Waals surface area (Å²) < 4.78 is 0. The maximum atomic E-state index is 12.3. The molecule has 0 radical (unpaired) electrons. The summed E-state index contributed by atoms with van der Waals surface area (Å²) in [6, 6.07) is 15.4. The van der Waals surface area contributed by atoms with Gasteiger partial charge in [0.05, 0.1) is 4.91 Å². The average Bonchev–Trinajstić information content (AvgIpc) is 3.18. The zero-order chi connectivity index (χ0) is 14.9. The van der Waals surface area contributed by atoms with Crippen LogP contribution < -0.4 is 0 Å². The predicted molar refractivity (Wildman–Crippen MR) is 84.2 cm³/mol. The molecule has 0 amide bonds. The van der Waals surface area contributed by atoms with Gasteiger partial charge in [-0.2, -0.15) is 5.21 Å². The molecule has 1 N–H and O–H groups in total. The van der Waals surface area contributed by atoms with Crippen LogP contribution in [0.25, 0.3) is 17.5 Å². The summed E-state index contributed by atoms with van der Waals surface area (Å²) in [5, 5.41) is 13.8. The van der Waals surface area contributed by atoms with Crippen molar-refractivity contribution in [2.75, 3.05) is 0 Å². The smallest absolute Gasteiger partial charge is 0.204 e. The molecule has 1 aromatic heterocycles. The number of ketones is 1. The highest BCUT2D eigenvalue weighted by Gasteiger charge is 2.24. The molecule has 4 rings (SSSR count). The van der Waals surface area contributed by atoms with E-state index in [-0.39, 0.29) is 5.78 Å². The first-order valence-corrected chi connectivity index (χ1v) is 7.50. The summed E-state index contributed by atoms with van der Waals surface area (Å²) in [5.74, 6) is 0.640. The zero-order valence-electron chi connectivity index (χ0n) is 11.4. The normalized spacial score (nSPS) is 15.3. The first-order chi connectivity index (χ1) is 10.8. The number of benzene rings is 2. The van der Waals surface area contributed by atoms with Gasteiger partial charge in [-0.1, -0.05) is 48.2 Å². The number of carbonyl (C=O) groups excluding carboxylic acids is 1. The van der Waals surface area contributed by atoms with E-state index < -0.39 is 0 Å². The fourth-order valence-electron chi connectivity index (χ4n) is 2.30. The number of fused-ring (bicyclic) bond motifs is 1. The van der Waals surface area contributed by atoms with E-state index in [9.17, 15) is 4.79 Å². The molecule has 2 heterocycles. The van der Waals surface area contributed by atoms with E-state index in [2.05, 4.69) is 20.6 Å². The van der Waals surface area contributed by atoms with Gasteiger partial charge in [-0.3, -0.25) is 4.79 Å². The maximum Gasteiger partial charge on any atom is 0.204 e. The SMILES string of the molecule is O=C1/C(=C/c2ccc(-c3nn[nH]n3)cc2)Sc2ccccc21. The topological polar surface area (TPSA) is 71.5 Å². The van der Waals surface area contributed by atoms with E-state index in [1.807, 2.05) is 54.6 Å². The summed E-state index contributed by atoms with van der Waals surface area (Å²) in [6.45, 7) is 0. The summed E-state index contributed by atoms with van der Waals surface area (Å²) in [5.41, 5.74) is 2.63. The monoisotopic (exact) mass is 306 g/mol. The molecule has 2 aromatic carbocycles. The van der Waals surface area contributed by atoms with E-state index in [1.54, 1.807) is 0 Å². The molecule has 0 unspecified atom stereocenters. The van der Waals surface area contributed by atoms with Crippen molar-refractivity contribution < 1.29 is 4.79 Å². The standard InChI is InChI=1S/C16H10N4OS/c21-15-12-3-1-2-4-13(12)22-14(15)9-10-5-7-11(8-6-10)16-17-19-20-18-16/h1-9H,(H,17,18,19,20)/b14-9-. The molecule has 0 saturated heterocycles. The van der Waals surface area contributed by atoms with Crippen LogP contribution in [0, 0.1) is 0 Å². The Morgan fingerprint density at radius 2 is 1.86 bits per heavy atom. The van der Waals surface area contributed by atoms with E-state index in [0.29, 0.717) is 5.82 Å². The molecule has 0 atom stereocenters. The molecule has 6 heteroatoms. The lowest BCUT2D eigenvalue weighted by Gasteiger charge is -1.98. The Bertz CT molecular complexity index is 869. The number of thioether (sulfide) groups is 1.